The normalized spacial score (nSPS) is 16.5. The van der Waals surface area contributed by atoms with E-state index in [0.717, 1.165) is 29.7 Å². The van der Waals surface area contributed by atoms with Crippen LogP contribution < -0.4 is 4.90 Å². The summed E-state index contributed by atoms with van der Waals surface area (Å²) in [5.41, 5.74) is 4.51. The van der Waals surface area contributed by atoms with Crippen LogP contribution in [0.1, 0.15) is 37.3 Å². The maximum atomic E-state index is 13.3. The standard InChI is InChI=1S/C32H33N3O4/c1-23(36)35(29-16-14-27(15-17-29)26-12-10-25(21-33)11-13-26)22-30-19-28(20-31(37)39-2)32(38)34(30)18-6-9-24-7-4-3-5-8-24/h3-5,7-8,10-17,28,30H,6,9,18-20,22H2,1-2H3/t28-,30-/m0/s1. The Bertz CT molecular complexity index is 1330. The Morgan fingerprint density at radius 3 is 2.23 bits per heavy atom. The Balaban J connectivity index is 1.50. The second kappa shape index (κ2) is 12.9. The van der Waals surface area contributed by atoms with E-state index in [1.54, 1.807) is 17.0 Å². The number of carbonyl (C=O) groups is 3. The van der Waals surface area contributed by atoms with E-state index in [2.05, 4.69) is 18.2 Å². The Labute approximate surface area is 229 Å². The highest BCUT2D eigenvalue weighted by Crippen LogP contribution is 2.31. The van der Waals surface area contributed by atoms with E-state index >= 15 is 0 Å². The van der Waals surface area contributed by atoms with E-state index < -0.39 is 11.9 Å². The van der Waals surface area contributed by atoms with Crippen LogP contribution in [-0.2, 0) is 25.5 Å². The van der Waals surface area contributed by atoms with Gasteiger partial charge in [-0.25, -0.2) is 0 Å². The molecule has 7 nitrogen and oxygen atoms in total. The van der Waals surface area contributed by atoms with Gasteiger partial charge in [-0.05, 0) is 60.2 Å². The van der Waals surface area contributed by atoms with Crippen molar-refractivity contribution in [3.8, 4) is 17.2 Å². The van der Waals surface area contributed by atoms with Gasteiger partial charge in [0.25, 0.3) is 0 Å². The molecule has 0 saturated carbocycles. The first-order valence-electron chi connectivity index (χ1n) is 13.2. The molecule has 4 rings (SSSR count). The lowest BCUT2D eigenvalue weighted by molar-refractivity contribution is -0.144. The number of methoxy groups -OCH3 is 1. The number of ether oxygens (including phenoxy) is 1. The van der Waals surface area contributed by atoms with Crippen molar-refractivity contribution in [1.29, 1.82) is 5.26 Å². The van der Waals surface area contributed by atoms with Crippen LogP contribution in [0.15, 0.2) is 78.9 Å². The summed E-state index contributed by atoms with van der Waals surface area (Å²) in [7, 11) is 1.33. The molecular weight excluding hydrogens is 490 g/mol. The van der Waals surface area contributed by atoms with Crippen molar-refractivity contribution >= 4 is 23.5 Å². The fourth-order valence-corrected chi connectivity index (χ4v) is 5.19. The number of hydrogen-bond donors (Lipinski definition) is 0. The van der Waals surface area contributed by atoms with Gasteiger partial charge < -0.3 is 14.5 Å². The zero-order valence-electron chi connectivity index (χ0n) is 22.4. The van der Waals surface area contributed by atoms with Crippen LogP contribution in [0.25, 0.3) is 11.1 Å². The summed E-state index contributed by atoms with van der Waals surface area (Å²) in [6, 6.07) is 27.1. The van der Waals surface area contributed by atoms with Crippen molar-refractivity contribution in [3.05, 3.63) is 90.0 Å². The highest BCUT2D eigenvalue weighted by atomic mass is 16.5. The van der Waals surface area contributed by atoms with Crippen LogP contribution >= 0.6 is 0 Å². The van der Waals surface area contributed by atoms with Gasteiger partial charge in [-0.2, -0.15) is 5.26 Å². The van der Waals surface area contributed by atoms with Crippen molar-refractivity contribution in [2.75, 3.05) is 25.1 Å². The molecule has 3 aromatic carbocycles. The third kappa shape index (κ3) is 6.91. The van der Waals surface area contributed by atoms with Gasteiger partial charge in [-0.15, -0.1) is 0 Å². The van der Waals surface area contributed by atoms with E-state index in [4.69, 9.17) is 10.00 Å². The topological polar surface area (TPSA) is 90.7 Å². The zero-order valence-corrected chi connectivity index (χ0v) is 22.4. The minimum absolute atomic E-state index is 0.0420. The molecule has 2 amide bonds. The molecule has 1 fully saturated rings. The number of carbonyl (C=O) groups excluding carboxylic acids is 3. The SMILES string of the molecule is COC(=O)C[C@@H]1C[C@@H](CN(C(C)=O)c2ccc(-c3ccc(C#N)cc3)cc2)N(CCCc2ccccc2)C1=O. The quantitative estimate of drug-likeness (QED) is 0.349. The van der Waals surface area contributed by atoms with Crippen molar-refractivity contribution in [3.63, 3.8) is 0 Å². The van der Waals surface area contributed by atoms with Crippen LogP contribution in [-0.4, -0.2) is 48.9 Å². The Kier molecular flexibility index (Phi) is 9.11. The molecule has 0 aliphatic carbocycles. The lowest BCUT2D eigenvalue weighted by atomic mass is 10.0. The minimum atomic E-state index is -0.452. The van der Waals surface area contributed by atoms with Crippen molar-refractivity contribution in [2.45, 2.75) is 38.6 Å². The third-order valence-electron chi connectivity index (χ3n) is 7.28. The van der Waals surface area contributed by atoms with Crippen LogP contribution in [0.2, 0.25) is 0 Å². The molecule has 1 aliphatic rings. The largest absolute Gasteiger partial charge is 0.469 e. The third-order valence-corrected chi connectivity index (χ3v) is 7.28. The molecule has 1 saturated heterocycles. The smallest absolute Gasteiger partial charge is 0.306 e. The van der Waals surface area contributed by atoms with E-state index in [-0.39, 0.29) is 24.3 Å². The lowest BCUT2D eigenvalue weighted by Gasteiger charge is -2.30. The van der Waals surface area contributed by atoms with Crippen molar-refractivity contribution in [1.82, 2.24) is 4.90 Å². The number of esters is 1. The molecule has 3 aromatic rings. The number of hydrogen-bond acceptors (Lipinski definition) is 5. The Morgan fingerprint density at radius 1 is 1.00 bits per heavy atom. The number of nitrogens with zero attached hydrogens (tertiary/aromatic N) is 3. The van der Waals surface area contributed by atoms with E-state index in [1.807, 2.05) is 59.5 Å². The Hall–Kier alpha value is -4.44. The summed E-state index contributed by atoms with van der Waals surface area (Å²) >= 11 is 0. The highest BCUT2D eigenvalue weighted by Gasteiger charge is 2.41. The summed E-state index contributed by atoms with van der Waals surface area (Å²) in [5, 5.41) is 9.04. The Morgan fingerprint density at radius 2 is 1.64 bits per heavy atom. The van der Waals surface area contributed by atoms with Crippen LogP contribution in [0.5, 0.6) is 0 Å². The molecule has 0 unspecified atom stereocenters. The molecule has 0 N–H and O–H groups in total. The maximum Gasteiger partial charge on any atom is 0.306 e. The molecule has 0 spiro atoms. The summed E-state index contributed by atoms with van der Waals surface area (Å²) in [5.74, 6) is -1.03. The van der Waals surface area contributed by atoms with Gasteiger partial charge in [-0.1, -0.05) is 54.6 Å². The van der Waals surface area contributed by atoms with E-state index in [0.29, 0.717) is 25.1 Å². The molecule has 200 valence electrons. The van der Waals surface area contributed by atoms with Gasteiger partial charge in [0, 0.05) is 25.7 Å². The number of amides is 2. The summed E-state index contributed by atoms with van der Waals surface area (Å²) in [4.78, 5) is 41.6. The van der Waals surface area contributed by atoms with Gasteiger partial charge in [0.1, 0.15) is 0 Å². The number of likely N-dealkylation sites (tertiary alicyclic amines) is 1. The average Bonchev–Trinajstić information content (AvgIpc) is 3.25. The summed E-state index contributed by atoms with van der Waals surface area (Å²) in [6.07, 6.45) is 2.16. The van der Waals surface area contributed by atoms with Gasteiger partial charge in [-0.3, -0.25) is 14.4 Å². The molecule has 0 aromatic heterocycles. The van der Waals surface area contributed by atoms with Crippen molar-refractivity contribution in [2.24, 2.45) is 5.92 Å². The highest BCUT2D eigenvalue weighted by molar-refractivity contribution is 5.92. The zero-order chi connectivity index (χ0) is 27.8. The monoisotopic (exact) mass is 523 g/mol. The molecule has 0 radical (unpaired) electrons. The summed E-state index contributed by atoms with van der Waals surface area (Å²) < 4.78 is 4.83. The molecular formula is C32H33N3O4. The molecule has 2 atom stereocenters. The van der Waals surface area contributed by atoms with Crippen LogP contribution in [0.4, 0.5) is 5.69 Å². The second-order valence-corrected chi connectivity index (χ2v) is 9.85. The average molecular weight is 524 g/mol. The van der Waals surface area contributed by atoms with Gasteiger partial charge in [0.05, 0.1) is 37.1 Å². The fourth-order valence-electron chi connectivity index (χ4n) is 5.19. The van der Waals surface area contributed by atoms with Crippen LogP contribution in [0.3, 0.4) is 0 Å². The first kappa shape index (κ1) is 27.6. The number of anilines is 1. The van der Waals surface area contributed by atoms with Crippen molar-refractivity contribution < 1.29 is 19.1 Å². The van der Waals surface area contributed by atoms with Crippen LogP contribution in [0, 0.1) is 17.2 Å². The molecule has 39 heavy (non-hydrogen) atoms. The van der Waals surface area contributed by atoms with Gasteiger partial charge in [0.15, 0.2) is 0 Å². The number of nitriles is 1. The maximum absolute atomic E-state index is 13.3. The number of benzene rings is 3. The minimum Gasteiger partial charge on any atom is -0.469 e. The fraction of sp³-hybridized carbons (Fsp3) is 0.312. The molecule has 0 bridgehead atoms. The van der Waals surface area contributed by atoms with Gasteiger partial charge in [0.2, 0.25) is 11.8 Å². The lowest BCUT2D eigenvalue weighted by Crippen LogP contribution is -2.44. The molecule has 1 heterocycles. The second-order valence-electron chi connectivity index (χ2n) is 9.85. The predicted octanol–water partition coefficient (Wildman–Crippen LogP) is 4.99. The predicted molar refractivity (Wildman–Crippen MR) is 150 cm³/mol. The molecule has 1 aliphatic heterocycles. The van der Waals surface area contributed by atoms with E-state index in [1.165, 1.54) is 19.6 Å². The first-order chi connectivity index (χ1) is 18.9. The first-order valence-corrected chi connectivity index (χ1v) is 13.2. The van der Waals surface area contributed by atoms with E-state index in [9.17, 15) is 14.4 Å². The number of aryl methyl sites for hydroxylation is 1. The summed E-state index contributed by atoms with van der Waals surface area (Å²) in [6.45, 7) is 2.43. The number of rotatable bonds is 10. The van der Waals surface area contributed by atoms with Gasteiger partial charge >= 0.3 is 5.97 Å². The molecule has 7 heteroatoms.